The summed E-state index contributed by atoms with van der Waals surface area (Å²) in [5.41, 5.74) is 1.79. The minimum atomic E-state index is 0.688. The molecule has 0 unspecified atom stereocenters. The van der Waals surface area contributed by atoms with Crippen LogP contribution in [0.25, 0.3) is 6.08 Å². The van der Waals surface area contributed by atoms with Crippen molar-refractivity contribution in [2.45, 2.75) is 19.8 Å². The van der Waals surface area contributed by atoms with E-state index in [0.717, 1.165) is 12.0 Å². The molecule has 0 aliphatic heterocycles. The van der Waals surface area contributed by atoms with Crippen molar-refractivity contribution in [3.05, 3.63) is 35.7 Å². The molecule has 0 fully saturated rings. The van der Waals surface area contributed by atoms with Crippen molar-refractivity contribution >= 4 is 6.08 Å². The Kier molecular flexibility index (Phi) is 3.78. The Hall–Kier alpha value is -1.55. The molecule has 0 aliphatic rings. The van der Waals surface area contributed by atoms with Crippen LogP contribution in [-0.2, 0) is 0 Å². The normalized spacial score (nSPS) is 10.2. The Morgan fingerprint density at radius 3 is 2.92 bits per heavy atom. The van der Waals surface area contributed by atoms with Gasteiger partial charge in [-0.15, -0.1) is 6.42 Å². The van der Waals surface area contributed by atoms with Crippen molar-refractivity contribution in [2.24, 2.45) is 0 Å². The zero-order chi connectivity index (χ0) is 9.52. The Balaban J connectivity index is 2.65. The average Bonchev–Trinajstić information content (AvgIpc) is 2.19. The molecular weight excluding hydrogens is 158 g/mol. The fourth-order valence-electron chi connectivity index (χ4n) is 0.975. The molecule has 0 bridgehead atoms. The highest BCUT2D eigenvalue weighted by molar-refractivity contribution is 5.48. The summed E-state index contributed by atoms with van der Waals surface area (Å²) in [5, 5.41) is 0. The minimum absolute atomic E-state index is 0.688. The van der Waals surface area contributed by atoms with E-state index in [-0.39, 0.29) is 0 Å². The highest BCUT2D eigenvalue weighted by atomic mass is 14.7. The fraction of sp³-hybridized carbons (Fsp3) is 0.250. The van der Waals surface area contributed by atoms with E-state index in [1.807, 2.05) is 12.1 Å². The molecule has 0 saturated heterocycles. The van der Waals surface area contributed by atoms with Crippen molar-refractivity contribution in [3.8, 4) is 12.3 Å². The number of hydrogen-bond donors (Lipinski definition) is 0. The summed E-state index contributed by atoms with van der Waals surface area (Å²) in [5.74, 6) is 2.49. The molecule has 0 aromatic carbocycles. The molecule has 0 atom stereocenters. The summed E-state index contributed by atoms with van der Waals surface area (Å²) < 4.78 is 0. The summed E-state index contributed by atoms with van der Waals surface area (Å²) in [6.07, 6.45) is 13.5. The van der Waals surface area contributed by atoms with Gasteiger partial charge in [-0.05, 0) is 18.1 Å². The van der Waals surface area contributed by atoms with E-state index in [1.165, 1.54) is 6.42 Å². The van der Waals surface area contributed by atoms with Gasteiger partial charge in [0.25, 0.3) is 0 Å². The van der Waals surface area contributed by atoms with Crippen molar-refractivity contribution in [1.29, 1.82) is 0 Å². The molecule has 13 heavy (non-hydrogen) atoms. The van der Waals surface area contributed by atoms with E-state index >= 15 is 0 Å². The zero-order valence-corrected chi connectivity index (χ0v) is 7.83. The van der Waals surface area contributed by atoms with Crippen molar-refractivity contribution in [2.75, 3.05) is 0 Å². The highest BCUT2D eigenvalue weighted by Crippen LogP contribution is 2.03. The average molecular weight is 171 g/mol. The largest absolute Gasteiger partial charge is 0.247 e. The molecule has 1 aromatic heterocycles. The van der Waals surface area contributed by atoms with Gasteiger partial charge in [-0.2, -0.15) is 0 Å². The van der Waals surface area contributed by atoms with Crippen LogP contribution in [0.15, 0.2) is 24.4 Å². The lowest BCUT2D eigenvalue weighted by Crippen LogP contribution is -1.81. The highest BCUT2D eigenvalue weighted by Gasteiger charge is 1.88. The smallest absolute Gasteiger partial charge is 0.112 e. The standard InChI is InChI=1S/C12H13N/c1-3-5-6-7-11-8-9-12(4-2)13-10-11/h2,6-10H,3,5H2,1H3/b7-6+. The summed E-state index contributed by atoms with van der Waals surface area (Å²) in [7, 11) is 0. The van der Waals surface area contributed by atoms with Gasteiger partial charge in [0, 0.05) is 6.20 Å². The molecule has 0 saturated carbocycles. The number of pyridine rings is 1. The van der Waals surface area contributed by atoms with E-state index in [1.54, 1.807) is 6.20 Å². The first-order valence-electron chi connectivity index (χ1n) is 4.46. The van der Waals surface area contributed by atoms with Crippen molar-refractivity contribution in [3.63, 3.8) is 0 Å². The second-order valence-corrected chi connectivity index (χ2v) is 2.81. The van der Waals surface area contributed by atoms with Crippen LogP contribution in [-0.4, -0.2) is 4.98 Å². The van der Waals surface area contributed by atoms with Crippen molar-refractivity contribution in [1.82, 2.24) is 4.98 Å². The summed E-state index contributed by atoms with van der Waals surface area (Å²) >= 11 is 0. The Morgan fingerprint density at radius 1 is 1.54 bits per heavy atom. The Morgan fingerprint density at radius 2 is 2.38 bits per heavy atom. The number of hydrogen-bond acceptors (Lipinski definition) is 1. The summed E-state index contributed by atoms with van der Waals surface area (Å²) in [6.45, 7) is 2.16. The first-order valence-corrected chi connectivity index (χ1v) is 4.46. The SMILES string of the molecule is C#Cc1ccc(/C=C/CCC)cn1. The number of aromatic nitrogens is 1. The van der Waals surface area contributed by atoms with Gasteiger partial charge in [-0.25, -0.2) is 4.98 Å². The monoisotopic (exact) mass is 171 g/mol. The van der Waals surface area contributed by atoms with Gasteiger partial charge in [0.1, 0.15) is 5.69 Å². The van der Waals surface area contributed by atoms with Crippen LogP contribution < -0.4 is 0 Å². The first kappa shape index (κ1) is 9.54. The van der Waals surface area contributed by atoms with Gasteiger partial charge in [0.2, 0.25) is 0 Å². The number of unbranched alkanes of at least 4 members (excludes halogenated alkanes) is 1. The van der Waals surface area contributed by atoms with Gasteiger partial charge in [0.15, 0.2) is 0 Å². The van der Waals surface area contributed by atoms with Crippen LogP contribution in [0.1, 0.15) is 31.0 Å². The van der Waals surface area contributed by atoms with E-state index in [9.17, 15) is 0 Å². The molecule has 1 heteroatoms. The van der Waals surface area contributed by atoms with Gasteiger partial charge in [0.05, 0.1) is 0 Å². The van der Waals surface area contributed by atoms with Crippen LogP contribution in [0, 0.1) is 12.3 Å². The summed E-state index contributed by atoms with van der Waals surface area (Å²) in [4.78, 5) is 4.09. The third-order valence-electron chi connectivity index (χ3n) is 1.70. The molecule has 0 amide bonds. The number of allylic oxidation sites excluding steroid dienone is 1. The predicted molar refractivity (Wildman–Crippen MR) is 56.1 cm³/mol. The van der Waals surface area contributed by atoms with Crippen molar-refractivity contribution < 1.29 is 0 Å². The molecule has 1 heterocycles. The molecular formula is C12H13N. The first-order chi connectivity index (χ1) is 6.36. The van der Waals surface area contributed by atoms with E-state index in [4.69, 9.17) is 6.42 Å². The Labute approximate surface area is 79.5 Å². The van der Waals surface area contributed by atoms with Gasteiger partial charge >= 0.3 is 0 Å². The number of nitrogens with zero attached hydrogens (tertiary/aromatic N) is 1. The molecule has 1 aromatic rings. The maximum atomic E-state index is 5.19. The summed E-state index contributed by atoms with van der Waals surface area (Å²) in [6, 6.07) is 3.83. The number of terminal acetylenes is 1. The maximum Gasteiger partial charge on any atom is 0.112 e. The van der Waals surface area contributed by atoms with E-state index < -0.39 is 0 Å². The molecule has 1 nitrogen and oxygen atoms in total. The van der Waals surface area contributed by atoms with Crippen LogP contribution >= 0.6 is 0 Å². The third kappa shape index (κ3) is 3.13. The fourth-order valence-corrected chi connectivity index (χ4v) is 0.975. The lowest BCUT2D eigenvalue weighted by molar-refractivity contribution is 0.962. The molecule has 66 valence electrons. The third-order valence-corrected chi connectivity index (χ3v) is 1.70. The maximum absolute atomic E-state index is 5.19. The van der Waals surface area contributed by atoms with E-state index in [0.29, 0.717) is 5.69 Å². The molecule has 0 spiro atoms. The Bertz CT molecular complexity index is 314. The van der Waals surface area contributed by atoms with Gasteiger partial charge in [-0.3, -0.25) is 0 Å². The number of rotatable bonds is 3. The second-order valence-electron chi connectivity index (χ2n) is 2.81. The molecule has 1 rings (SSSR count). The van der Waals surface area contributed by atoms with E-state index in [2.05, 4.69) is 30.0 Å². The van der Waals surface area contributed by atoms with Crippen LogP contribution in [0.5, 0.6) is 0 Å². The topological polar surface area (TPSA) is 12.9 Å². The zero-order valence-electron chi connectivity index (χ0n) is 7.83. The lowest BCUT2D eigenvalue weighted by atomic mass is 10.2. The molecule has 0 aliphatic carbocycles. The van der Waals surface area contributed by atoms with Crippen LogP contribution in [0.2, 0.25) is 0 Å². The van der Waals surface area contributed by atoms with Gasteiger partial charge in [-0.1, -0.05) is 37.5 Å². The predicted octanol–water partition coefficient (Wildman–Crippen LogP) is 2.88. The van der Waals surface area contributed by atoms with Crippen LogP contribution in [0.3, 0.4) is 0 Å². The van der Waals surface area contributed by atoms with Gasteiger partial charge < -0.3 is 0 Å². The quantitative estimate of drug-likeness (QED) is 0.637. The molecule has 0 radical (unpaired) electrons. The molecule has 0 N–H and O–H groups in total. The second kappa shape index (κ2) is 5.16. The minimum Gasteiger partial charge on any atom is -0.247 e. The van der Waals surface area contributed by atoms with Crippen LogP contribution in [0.4, 0.5) is 0 Å². The lowest BCUT2D eigenvalue weighted by Gasteiger charge is -1.92.